The summed E-state index contributed by atoms with van der Waals surface area (Å²) in [4.78, 5) is 2.49. The van der Waals surface area contributed by atoms with E-state index in [1.54, 1.807) is 0 Å². The Bertz CT molecular complexity index is 384. The average Bonchev–Trinajstić information content (AvgIpc) is 2.23. The van der Waals surface area contributed by atoms with Crippen molar-refractivity contribution in [1.29, 1.82) is 0 Å². The van der Waals surface area contributed by atoms with E-state index in [4.69, 9.17) is 4.74 Å². The lowest BCUT2D eigenvalue weighted by molar-refractivity contribution is 0.264. The lowest BCUT2D eigenvalue weighted by Gasteiger charge is -2.45. The lowest BCUT2D eigenvalue weighted by Crippen LogP contribution is -2.49. The average molecular weight is 233 g/mol. The molecule has 0 saturated heterocycles. The Morgan fingerprint density at radius 1 is 1.24 bits per heavy atom. The first-order valence-corrected chi connectivity index (χ1v) is 6.53. The molecule has 1 aliphatic heterocycles. The summed E-state index contributed by atoms with van der Waals surface area (Å²) in [6.07, 6.45) is 2.28. The van der Waals surface area contributed by atoms with Crippen LogP contribution in [0.5, 0.6) is 5.75 Å². The molecule has 0 spiro atoms. The molecule has 1 aromatic rings. The summed E-state index contributed by atoms with van der Waals surface area (Å²) in [6.45, 7) is 9.98. The van der Waals surface area contributed by atoms with Crippen LogP contribution >= 0.6 is 0 Å². The molecule has 94 valence electrons. The number of hydrogen-bond donors (Lipinski definition) is 0. The molecule has 2 nitrogen and oxygen atoms in total. The number of rotatable bonds is 1. The molecule has 0 radical (unpaired) electrons. The van der Waals surface area contributed by atoms with E-state index in [0.29, 0.717) is 6.04 Å². The SMILES string of the molecule is CC(C)N1c2ccccc2OCCCC1(C)C. The third-order valence-corrected chi connectivity index (χ3v) is 3.48. The molecule has 1 heterocycles. The van der Waals surface area contributed by atoms with E-state index in [9.17, 15) is 0 Å². The molecule has 0 N–H and O–H groups in total. The predicted molar refractivity (Wildman–Crippen MR) is 72.9 cm³/mol. The fourth-order valence-electron chi connectivity index (χ4n) is 2.89. The largest absolute Gasteiger partial charge is 0.491 e. The van der Waals surface area contributed by atoms with Crippen molar-refractivity contribution in [3.63, 3.8) is 0 Å². The van der Waals surface area contributed by atoms with Gasteiger partial charge in [-0.2, -0.15) is 0 Å². The van der Waals surface area contributed by atoms with E-state index in [1.165, 1.54) is 12.1 Å². The molecule has 0 aliphatic carbocycles. The van der Waals surface area contributed by atoms with E-state index >= 15 is 0 Å². The van der Waals surface area contributed by atoms with E-state index in [2.05, 4.69) is 50.8 Å². The summed E-state index contributed by atoms with van der Waals surface area (Å²) in [7, 11) is 0. The maximum atomic E-state index is 5.86. The molecule has 0 atom stereocenters. The van der Waals surface area contributed by atoms with E-state index in [1.807, 2.05) is 6.07 Å². The second-order valence-electron chi connectivity index (χ2n) is 5.70. The smallest absolute Gasteiger partial charge is 0.142 e. The number of ether oxygens (including phenoxy) is 1. The van der Waals surface area contributed by atoms with Gasteiger partial charge in [-0.05, 0) is 52.7 Å². The summed E-state index contributed by atoms with van der Waals surface area (Å²) >= 11 is 0. The molecule has 0 amide bonds. The zero-order valence-corrected chi connectivity index (χ0v) is 11.4. The van der Waals surface area contributed by atoms with Crippen LogP contribution in [0.15, 0.2) is 24.3 Å². The van der Waals surface area contributed by atoms with Crippen molar-refractivity contribution < 1.29 is 4.74 Å². The molecule has 0 fully saturated rings. The van der Waals surface area contributed by atoms with Crippen LogP contribution in [-0.2, 0) is 0 Å². The molecule has 1 aliphatic rings. The van der Waals surface area contributed by atoms with Gasteiger partial charge in [0.25, 0.3) is 0 Å². The zero-order chi connectivity index (χ0) is 12.5. The van der Waals surface area contributed by atoms with Crippen molar-refractivity contribution in [2.45, 2.75) is 52.1 Å². The molecule has 0 bridgehead atoms. The van der Waals surface area contributed by atoms with Gasteiger partial charge in [-0.15, -0.1) is 0 Å². The topological polar surface area (TPSA) is 12.5 Å². The third-order valence-electron chi connectivity index (χ3n) is 3.48. The quantitative estimate of drug-likeness (QED) is 0.730. The summed E-state index contributed by atoms with van der Waals surface area (Å²) in [5.41, 5.74) is 1.42. The van der Waals surface area contributed by atoms with Gasteiger partial charge in [0, 0.05) is 11.6 Å². The van der Waals surface area contributed by atoms with E-state index in [-0.39, 0.29) is 5.54 Å². The standard InChI is InChI=1S/C15H23NO/c1-12(2)16-13-8-5-6-9-14(13)17-11-7-10-15(16,3)4/h5-6,8-9,12H,7,10-11H2,1-4H3. The Hall–Kier alpha value is -1.18. The molecule has 0 saturated carbocycles. The molecule has 2 rings (SSSR count). The van der Waals surface area contributed by atoms with E-state index in [0.717, 1.165) is 18.8 Å². The van der Waals surface area contributed by atoms with Crippen molar-refractivity contribution in [3.05, 3.63) is 24.3 Å². The van der Waals surface area contributed by atoms with Crippen molar-refractivity contribution in [2.75, 3.05) is 11.5 Å². The molecular weight excluding hydrogens is 210 g/mol. The van der Waals surface area contributed by atoms with Gasteiger partial charge >= 0.3 is 0 Å². The Morgan fingerprint density at radius 2 is 1.94 bits per heavy atom. The van der Waals surface area contributed by atoms with Crippen molar-refractivity contribution >= 4 is 5.69 Å². The van der Waals surface area contributed by atoms with Crippen LogP contribution in [0.3, 0.4) is 0 Å². The summed E-state index contributed by atoms with van der Waals surface area (Å²) in [5.74, 6) is 1.02. The highest BCUT2D eigenvalue weighted by Gasteiger charge is 2.31. The number of nitrogens with zero attached hydrogens (tertiary/aromatic N) is 1. The third kappa shape index (κ3) is 2.41. The molecule has 2 heteroatoms. The van der Waals surface area contributed by atoms with Gasteiger partial charge in [0.1, 0.15) is 5.75 Å². The molecule has 0 unspecified atom stereocenters. The minimum atomic E-state index is 0.189. The van der Waals surface area contributed by atoms with Crippen molar-refractivity contribution in [1.82, 2.24) is 0 Å². The summed E-state index contributed by atoms with van der Waals surface area (Å²) in [6, 6.07) is 8.86. The molecular formula is C15H23NO. The fraction of sp³-hybridized carbons (Fsp3) is 0.600. The fourth-order valence-corrected chi connectivity index (χ4v) is 2.89. The minimum Gasteiger partial charge on any atom is -0.491 e. The maximum Gasteiger partial charge on any atom is 0.142 e. The van der Waals surface area contributed by atoms with Crippen molar-refractivity contribution in [3.8, 4) is 5.75 Å². The highest BCUT2D eigenvalue weighted by atomic mass is 16.5. The highest BCUT2D eigenvalue weighted by Crippen LogP contribution is 2.38. The van der Waals surface area contributed by atoms with Crippen LogP contribution in [0.1, 0.15) is 40.5 Å². The van der Waals surface area contributed by atoms with Gasteiger partial charge in [-0.25, -0.2) is 0 Å². The monoisotopic (exact) mass is 233 g/mol. The van der Waals surface area contributed by atoms with Gasteiger partial charge in [-0.3, -0.25) is 0 Å². The second kappa shape index (κ2) is 4.59. The number of benzene rings is 1. The van der Waals surface area contributed by atoms with Crippen LogP contribution in [0.25, 0.3) is 0 Å². The van der Waals surface area contributed by atoms with E-state index < -0.39 is 0 Å². The van der Waals surface area contributed by atoms with Gasteiger partial charge in [-0.1, -0.05) is 12.1 Å². The first-order chi connectivity index (χ1) is 8.02. The zero-order valence-electron chi connectivity index (χ0n) is 11.4. The van der Waals surface area contributed by atoms with Gasteiger partial charge < -0.3 is 9.64 Å². The van der Waals surface area contributed by atoms with Gasteiger partial charge in [0.2, 0.25) is 0 Å². The molecule has 0 aromatic heterocycles. The lowest BCUT2D eigenvalue weighted by atomic mass is 9.93. The first kappa shape index (κ1) is 12.3. The maximum absolute atomic E-state index is 5.86. The molecule has 17 heavy (non-hydrogen) atoms. The summed E-state index contributed by atoms with van der Waals surface area (Å²) < 4.78 is 5.86. The number of hydrogen-bond acceptors (Lipinski definition) is 2. The highest BCUT2D eigenvalue weighted by molar-refractivity contribution is 5.60. The second-order valence-corrected chi connectivity index (χ2v) is 5.70. The van der Waals surface area contributed by atoms with Gasteiger partial charge in [0.15, 0.2) is 0 Å². The van der Waals surface area contributed by atoms with Gasteiger partial charge in [0.05, 0.1) is 12.3 Å². The Kier molecular flexibility index (Phi) is 3.32. The normalized spacial score (nSPS) is 19.2. The minimum absolute atomic E-state index is 0.189. The van der Waals surface area contributed by atoms with Crippen LogP contribution in [0, 0.1) is 0 Å². The first-order valence-electron chi connectivity index (χ1n) is 6.53. The van der Waals surface area contributed by atoms with Crippen LogP contribution in [0.2, 0.25) is 0 Å². The van der Waals surface area contributed by atoms with Crippen LogP contribution < -0.4 is 9.64 Å². The number of anilines is 1. The van der Waals surface area contributed by atoms with Crippen LogP contribution in [-0.4, -0.2) is 18.2 Å². The molecule has 1 aromatic carbocycles. The number of fused-ring (bicyclic) bond motifs is 1. The predicted octanol–water partition coefficient (Wildman–Crippen LogP) is 3.85. The Morgan fingerprint density at radius 3 is 2.65 bits per heavy atom. The number of para-hydroxylation sites is 2. The Labute approximate surface area is 105 Å². The van der Waals surface area contributed by atoms with Crippen molar-refractivity contribution in [2.24, 2.45) is 0 Å². The van der Waals surface area contributed by atoms with Crippen LogP contribution in [0.4, 0.5) is 5.69 Å². The Balaban J connectivity index is 2.49. The summed E-state index contributed by atoms with van der Waals surface area (Å²) in [5, 5.41) is 0.